The maximum absolute atomic E-state index is 13.6. The van der Waals surface area contributed by atoms with E-state index >= 15 is 0 Å². The minimum Gasteiger partial charge on any atom is -0.276 e. The normalized spacial score (nSPS) is 18.4. The second-order valence-corrected chi connectivity index (χ2v) is 7.17. The van der Waals surface area contributed by atoms with Gasteiger partial charge in [-0.25, -0.2) is 9.31 Å². The van der Waals surface area contributed by atoms with Crippen molar-refractivity contribution in [2.75, 3.05) is 20.8 Å². The van der Waals surface area contributed by atoms with Crippen LogP contribution in [0.2, 0.25) is 5.02 Å². The fourth-order valence-corrected chi connectivity index (χ4v) is 3.56. The Balaban J connectivity index is 1.79. The molecule has 2 aliphatic rings. The van der Waals surface area contributed by atoms with E-state index < -0.39 is 12.2 Å². The van der Waals surface area contributed by atoms with Crippen molar-refractivity contribution in [1.29, 1.82) is 0 Å². The van der Waals surface area contributed by atoms with Crippen LogP contribution >= 0.6 is 23.5 Å². The van der Waals surface area contributed by atoms with Crippen LogP contribution in [0.25, 0.3) is 0 Å². The Labute approximate surface area is 152 Å². The van der Waals surface area contributed by atoms with Crippen LogP contribution in [0.15, 0.2) is 46.6 Å². The van der Waals surface area contributed by atoms with Crippen molar-refractivity contribution in [2.24, 2.45) is 10.2 Å². The SMILES string of the molecule is CN1CN2N=C(SN(C)C(c3ccc(Cl)cc3)C(F)(F)F)C=CC2=N1. The zero-order valence-corrected chi connectivity index (χ0v) is 15.0. The van der Waals surface area contributed by atoms with Gasteiger partial charge in [-0.15, -0.1) is 0 Å². The predicted octanol–water partition coefficient (Wildman–Crippen LogP) is 3.93. The Morgan fingerprint density at radius 1 is 1.20 bits per heavy atom. The van der Waals surface area contributed by atoms with Crippen molar-refractivity contribution in [3.05, 3.63) is 47.0 Å². The third kappa shape index (κ3) is 4.10. The van der Waals surface area contributed by atoms with Gasteiger partial charge >= 0.3 is 6.18 Å². The van der Waals surface area contributed by atoms with Crippen molar-refractivity contribution >= 4 is 34.4 Å². The fraction of sp³-hybridized carbons (Fsp3) is 0.333. The lowest BCUT2D eigenvalue weighted by Crippen LogP contribution is -2.33. The monoisotopic (exact) mass is 389 g/mol. The van der Waals surface area contributed by atoms with E-state index in [1.54, 1.807) is 29.2 Å². The molecule has 0 aliphatic carbocycles. The van der Waals surface area contributed by atoms with Crippen LogP contribution in [0.5, 0.6) is 0 Å². The summed E-state index contributed by atoms with van der Waals surface area (Å²) < 4.78 is 41.9. The highest BCUT2D eigenvalue weighted by Crippen LogP contribution is 2.40. The van der Waals surface area contributed by atoms with E-state index in [1.165, 1.54) is 31.3 Å². The smallest absolute Gasteiger partial charge is 0.276 e. The molecule has 0 aromatic heterocycles. The summed E-state index contributed by atoms with van der Waals surface area (Å²) in [5.74, 6) is 0.666. The van der Waals surface area contributed by atoms with Crippen LogP contribution < -0.4 is 0 Å². The van der Waals surface area contributed by atoms with Crippen LogP contribution in [0, 0.1) is 0 Å². The van der Waals surface area contributed by atoms with Crippen molar-refractivity contribution < 1.29 is 13.2 Å². The summed E-state index contributed by atoms with van der Waals surface area (Å²) in [5, 5.41) is 12.7. The fourth-order valence-electron chi connectivity index (χ4n) is 2.52. The number of hydrazone groups is 2. The maximum atomic E-state index is 13.6. The van der Waals surface area contributed by atoms with Gasteiger partial charge in [0.15, 0.2) is 5.84 Å². The highest BCUT2D eigenvalue weighted by atomic mass is 35.5. The third-order valence-corrected chi connectivity index (χ3v) is 4.72. The van der Waals surface area contributed by atoms with Gasteiger partial charge in [-0.2, -0.15) is 23.4 Å². The van der Waals surface area contributed by atoms with Gasteiger partial charge in [0, 0.05) is 12.1 Å². The van der Waals surface area contributed by atoms with E-state index in [9.17, 15) is 13.2 Å². The molecule has 134 valence electrons. The summed E-state index contributed by atoms with van der Waals surface area (Å²) in [6, 6.07) is 3.90. The maximum Gasteiger partial charge on any atom is 0.408 e. The number of amidine groups is 1. The first-order valence-electron chi connectivity index (χ1n) is 7.31. The number of fused-ring (bicyclic) bond motifs is 1. The average Bonchev–Trinajstić information content (AvgIpc) is 2.87. The molecule has 0 fully saturated rings. The van der Waals surface area contributed by atoms with Crippen molar-refractivity contribution in [1.82, 2.24) is 14.3 Å². The lowest BCUT2D eigenvalue weighted by atomic mass is 10.1. The van der Waals surface area contributed by atoms with Gasteiger partial charge in [0.25, 0.3) is 0 Å². The first-order chi connectivity index (χ1) is 11.7. The van der Waals surface area contributed by atoms with E-state index in [0.29, 0.717) is 22.6 Å². The molecule has 1 unspecified atom stereocenters. The summed E-state index contributed by atoms with van der Waals surface area (Å²) >= 11 is 6.71. The van der Waals surface area contributed by atoms with Gasteiger partial charge in [0.1, 0.15) is 17.8 Å². The van der Waals surface area contributed by atoms with Crippen LogP contribution in [-0.4, -0.2) is 52.1 Å². The van der Waals surface area contributed by atoms with Crippen molar-refractivity contribution in [3.63, 3.8) is 0 Å². The van der Waals surface area contributed by atoms with Crippen molar-refractivity contribution in [3.8, 4) is 0 Å². The van der Waals surface area contributed by atoms with E-state index in [4.69, 9.17) is 11.6 Å². The molecule has 0 radical (unpaired) electrons. The van der Waals surface area contributed by atoms with Gasteiger partial charge in [-0.05, 0) is 48.8 Å². The molecule has 3 rings (SSSR count). The highest BCUT2D eigenvalue weighted by Gasteiger charge is 2.44. The molecule has 0 N–H and O–H groups in total. The van der Waals surface area contributed by atoms with Crippen LogP contribution in [0.1, 0.15) is 11.6 Å². The Bertz CT molecular complexity index is 732. The molecule has 0 saturated heterocycles. The predicted molar refractivity (Wildman–Crippen MR) is 94.1 cm³/mol. The summed E-state index contributed by atoms with van der Waals surface area (Å²) in [5.41, 5.74) is 0.121. The quantitative estimate of drug-likeness (QED) is 0.734. The number of halogens is 4. The van der Waals surface area contributed by atoms with Gasteiger partial charge in [0.2, 0.25) is 0 Å². The molecule has 1 aromatic carbocycles. The lowest BCUT2D eigenvalue weighted by Gasteiger charge is -2.29. The van der Waals surface area contributed by atoms with E-state index in [2.05, 4.69) is 10.2 Å². The number of alkyl halides is 3. The van der Waals surface area contributed by atoms with Crippen LogP contribution in [0.4, 0.5) is 13.2 Å². The summed E-state index contributed by atoms with van der Waals surface area (Å²) in [4.78, 5) is 0. The first kappa shape index (κ1) is 18.1. The van der Waals surface area contributed by atoms with Gasteiger partial charge in [-0.3, -0.25) is 5.01 Å². The minimum atomic E-state index is -4.44. The van der Waals surface area contributed by atoms with E-state index in [1.807, 2.05) is 0 Å². The molecule has 1 aromatic rings. The first-order valence-corrected chi connectivity index (χ1v) is 8.46. The topological polar surface area (TPSA) is 34.4 Å². The zero-order valence-electron chi connectivity index (χ0n) is 13.4. The highest BCUT2D eigenvalue weighted by molar-refractivity contribution is 8.12. The van der Waals surface area contributed by atoms with Crippen LogP contribution in [-0.2, 0) is 0 Å². The molecule has 10 heteroatoms. The summed E-state index contributed by atoms with van der Waals surface area (Å²) in [6.45, 7) is 0.466. The van der Waals surface area contributed by atoms with Gasteiger partial charge in [-0.1, -0.05) is 23.7 Å². The Morgan fingerprint density at radius 2 is 1.88 bits per heavy atom. The summed E-state index contributed by atoms with van der Waals surface area (Å²) in [6.07, 6.45) is -1.04. The molecule has 0 bridgehead atoms. The molecule has 0 spiro atoms. The Hall–Kier alpha value is -1.71. The number of nitrogens with zero attached hydrogens (tertiary/aromatic N) is 5. The number of hydrogen-bond acceptors (Lipinski definition) is 6. The minimum absolute atomic E-state index is 0.121. The summed E-state index contributed by atoms with van der Waals surface area (Å²) in [7, 11) is 3.20. The molecule has 0 saturated carbocycles. The second-order valence-electron chi connectivity index (χ2n) is 5.56. The third-order valence-electron chi connectivity index (χ3n) is 3.57. The van der Waals surface area contributed by atoms with E-state index in [-0.39, 0.29) is 5.56 Å². The number of hydrogen-bond donors (Lipinski definition) is 0. The van der Waals surface area contributed by atoms with Crippen LogP contribution in [0.3, 0.4) is 0 Å². The number of benzene rings is 1. The molecule has 1 atom stereocenters. The molecule has 25 heavy (non-hydrogen) atoms. The Kier molecular flexibility index (Phi) is 4.99. The molecular formula is C15H15ClF3N5S. The second kappa shape index (κ2) is 6.89. The standard InChI is InChI=1S/C15H15ClF3N5S/c1-22-9-24-12(20-22)7-8-13(21-24)25-23(2)14(15(17,18)19)10-3-5-11(16)6-4-10/h3-8,14H,9H2,1-2H3. The molecular weight excluding hydrogens is 375 g/mol. The number of rotatable bonds is 3. The lowest BCUT2D eigenvalue weighted by molar-refractivity contribution is -0.169. The van der Waals surface area contributed by atoms with Gasteiger partial charge < -0.3 is 0 Å². The molecule has 5 nitrogen and oxygen atoms in total. The largest absolute Gasteiger partial charge is 0.408 e. The molecule has 2 heterocycles. The molecule has 0 amide bonds. The average molecular weight is 390 g/mol. The van der Waals surface area contributed by atoms with Crippen molar-refractivity contribution in [2.45, 2.75) is 12.2 Å². The Morgan fingerprint density at radius 3 is 2.52 bits per heavy atom. The zero-order chi connectivity index (χ0) is 18.2. The molecule has 2 aliphatic heterocycles. The van der Waals surface area contributed by atoms with Gasteiger partial charge in [0.05, 0.1) is 0 Å². The van der Waals surface area contributed by atoms with E-state index in [0.717, 1.165) is 16.3 Å².